The predicted octanol–water partition coefficient (Wildman–Crippen LogP) is 2.88. The zero-order valence-corrected chi connectivity index (χ0v) is 10.6. The molecule has 100 valence electrons. The molecule has 1 aliphatic carbocycles. The molecule has 0 spiro atoms. The number of rotatable bonds is 6. The van der Waals surface area contributed by atoms with Crippen LogP contribution in [0.2, 0.25) is 0 Å². The number of aliphatic carboxylic acids is 1. The van der Waals surface area contributed by atoms with Gasteiger partial charge in [-0.1, -0.05) is 24.8 Å². The fourth-order valence-electron chi connectivity index (χ4n) is 1.86. The molecule has 0 aromatic heterocycles. The van der Waals surface area contributed by atoms with Gasteiger partial charge in [0.2, 0.25) is 0 Å². The molecule has 0 unspecified atom stereocenters. The van der Waals surface area contributed by atoms with Crippen molar-refractivity contribution in [3.05, 3.63) is 36.4 Å². The van der Waals surface area contributed by atoms with E-state index in [0.717, 1.165) is 24.0 Å². The van der Waals surface area contributed by atoms with E-state index in [1.54, 1.807) is 12.1 Å². The second kappa shape index (κ2) is 5.69. The number of carbonyl (C=O) groups excluding carboxylic acids is 1. The molecule has 1 aromatic carbocycles. The molecule has 0 heterocycles. The number of benzene rings is 1. The Morgan fingerprint density at radius 2 is 1.95 bits per heavy atom. The highest BCUT2D eigenvalue weighted by Gasteiger charge is 2.27. The maximum atomic E-state index is 11.6. The highest BCUT2D eigenvalue weighted by molar-refractivity contribution is 5.80. The number of carboxylic acids is 1. The highest BCUT2D eigenvalue weighted by atomic mass is 16.5. The van der Waals surface area contributed by atoms with Gasteiger partial charge in [-0.2, -0.15) is 0 Å². The molecule has 1 aromatic rings. The maximum absolute atomic E-state index is 11.6. The molecule has 1 fully saturated rings. The zero-order valence-electron chi connectivity index (χ0n) is 10.6. The summed E-state index contributed by atoms with van der Waals surface area (Å²) in [5, 5.41) is 8.53. The van der Waals surface area contributed by atoms with Gasteiger partial charge in [-0.3, -0.25) is 9.59 Å². The Morgan fingerprint density at radius 1 is 1.26 bits per heavy atom. The standard InChI is InChI=1S/C15H16O4/c1-10(11-6-7-11)12-4-2-3-5-13(12)19-15(18)9-8-14(16)17/h2-5,11H,1,6-9H2,(H,16,17). The SMILES string of the molecule is C=C(c1ccccc1OC(=O)CCC(=O)O)C1CC1. The molecule has 19 heavy (non-hydrogen) atoms. The number of hydrogen-bond donors (Lipinski definition) is 1. The van der Waals surface area contributed by atoms with Crippen LogP contribution in [-0.2, 0) is 9.59 Å². The lowest BCUT2D eigenvalue weighted by molar-refractivity contribution is -0.142. The predicted molar refractivity (Wildman–Crippen MR) is 70.7 cm³/mol. The van der Waals surface area contributed by atoms with Gasteiger partial charge in [0.15, 0.2) is 0 Å². The molecule has 0 amide bonds. The molecular formula is C15H16O4. The van der Waals surface area contributed by atoms with Crippen LogP contribution in [0.3, 0.4) is 0 Å². The van der Waals surface area contributed by atoms with Gasteiger partial charge < -0.3 is 9.84 Å². The van der Waals surface area contributed by atoms with Gasteiger partial charge >= 0.3 is 11.9 Å². The first-order valence-corrected chi connectivity index (χ1v) is 6.28. The van der Waals surface area contributed by atoms with Crippen molar-refractivity contribution in [1.82, 2.24) is 0 Å². The third kappa shape index (κ3) is 3.68. The number of carboxylic acid groups (broad SMARTS) is 1. The summed E-state index contributed by atoms with van der Waals surface area (Å²) in [6.45, 7) is 4.04. The van der Waals surface area contributed by atoms with Crippen molar-refractivity contribution in [3.63, 3.8) is 0 Å². The first-order chi connectivity index (χ1) is 9.08. The molecule has 0 bridgehead atoms. The molecular weight excluding hydrogens is 244 g/mol. The Labute approximate surface area is 111 Å². The number of carbonyl (C=O) groups is 2. The van der Waals surface area contributed by atoms with Crippen LogP contribution in [0.1, 0.15) is 31.2 Å². The first-order valence-electron chi connectivity index (χ1n) is 6.28. The Bertz CT molecular complexity index is 515. The van der Waals surface area contributed by atoms with Crippen molar-refractivity contribution in [3.8, 4) is 5.75 Å². The monoisotopic (exact) mass is 260 g/mol. The second-order valence-electron chi connectivity index (χ2n) is 4.66. The van der Waals surface area contributed by atoms with Crippen LogP contribution < -0.4 is 4.74 Å². The Balaban J connectivity index is 2.05. The normalized spacial score (nSPS) is 13.9. The van der Waals surface area contributed by atoms with Gasteiger partial charge in [0.25, 0.3) is 0 Å². The van der Waals surface area contributed by atoms with E-state index in [2.05, 4.69) is 6.58 Å². The molecule has 1 aliphatic rings. The fourth-order valence-corrected chi connectivity index (χ4v) is 1.86. The van der Waals surface area contributed by atoms with Crippen LogP contribution >= 0.6 is 0 Å². The van der Waals surface area contributed by atoms with Crippen molar-refractivity contribution in [2.45, 2.75) is 25.7 Å². The van der Waals surface area contributed by atoms with Crippen LogP contribution in [0.4, 0.5) is 0 Å². The smallest absolute Gasteiger partial charge is 0.311 e. The van der Waals surface area contributed by atoms with E-state index in [9.17, 15) is 9.59 Å². The number of para-hydroxylation sites is 1. The van der Waals surface area contributed by atoms with Gasteiger partial charge in [-0.05, 0) is 30.4 Å². The van der Waals surface area contributed by atoms with Crippen LogP contribution in [0.25, 0.3) is 5.57 Å². The Kier molecular flexibility index (Phi) is 4.00. The van der Waals surface area contributed by atoms with Crippen molar-refractivity contribution in [2.75, 3.05) is 0 Å². The molecule has 0 saturated heterocycles. The van der Waals surface area contributed by atoms with E-state index in [1.807, 2.05) is 12.1 Å². The lowest BCUT2D eigenvalue weighted by atomic mass is 10.0. The Morgan fingerprint density at radius 3 is 2.58 bits per heavy atom. The molecule has 4 nitrogen and oxygen atoms in total. The lowest BCUT2D eigenvalue weighted by Crippen LogP contribution is -2.11. The number of hydrogen-bond acceptors (Lipinski definition) is 3. The molecule has 4 heteroatoms. The van der Waals surface area contributed by atoms with Crippen LogP contribution in [-0.4, -0.2) is 17.0 Å². The van der Waals surface area contributed by atoms with Gasteiger partial charge in [0.1, 0.15) is 5.75 Å². The molecule has 0 atom stereocenters. The van der Waals surface area contributed by atoms with Crippen molar-refractivity contribution in [2.24, 2.45) is 5.92 Å². The summed E-state index contributed by atoms with van der Waals surface area (Å²) < 4.78 is 5.23. The Hall–Kier alpha value is -2.10. The largest absolute Gasteiger partial charge is 0.481 e. The quantitative estimate of drug-likeness (QED) is 0.631. The number of allylic oxidation sites excluding steroid dienone is 1. The lowest BCUT2D eigenvalue weighted by Gasteiger charge is -2.11. The fraction of sp³-hybridized carbons (Fsp3) is 0.333. The second-order valence-corrected chi connectivity index (χ2v) is 4.66. The number of esters is 1. The van der Waals surface area contributed by atoms with Gasteiger partial charge in [0, 0.05) is 5.56 Å². The van der Waals surface area contributed by atoms with E-state index in [0.29, 0.717) is 11.7 Å². The van der Waals surface area contributed by atoms with E-state index in [-0.39, 0.29) is 12.8 Å². The van der Waals surface area contributed by atoms with Crippen LogP contribution in [0.15, 0.2) is 30.8 Å². The minimum atomic E-state index is -1.01. The minimum Gasteiger partial charge on any atom is -0.481 e. The van der Waals surface area contributed by atoms with Crippen molar-refractivity contribution < 1.29 is 19.4 Å². The van der Waals surface area contributed by atoms with Crippen LogP contribution in [0.5, 0.6) is 5.75 Å². The van der Waals surface area contributed by atoms with Crippen LogP contribution in [0, 0.1) is 5.92 Å². The van der Waals surface area contributed by atoms with Gasteiger partial charge in [-0.15, -0.1) is 0 Å². The molecule has 1 N–H and O–H groups in total. The molecule has 0 radical (unpaired) electrons. The topological polar surface area (TPSA) is 63.6 Å². The first kappa shape index (κ1) is 13.3. The number of ether oxygens (including phenoxy) is 1. The van der Waals surface area contributed by atoms with E-state index < -0.39 is 11.9 Å². The summed E-state index contributed by atoms with van der Waals surface area (Å²) in [5.74, 6) is -0.584. The maximum Gasteiger partial charge on any atom is 0.311 e. The van der Waals surface area contributed by atoms with Gasteiger partial charge in [0.05, 0.1) is 12.8 Å². The summed E-state index contributed by atoms with van der Waals surface area (Å²) in [7, 11) is 0. The van der Waals surface area contributed by atoms with E-state index in [4.69, 9.17) is 9.84 Å². The van der Waals surface area contributed by atoms with Gasteiger partial charge in [-0.25, -0.2) is 0 Å². The van der Waals surface area contributed by atoms with Crippen molar-refractivity contribution >= 4 is 17.5 Å². The minimum absolute atomic E-state index is 0.125. The average Bonchev–Trinajstić information content (AvgIpc) is 3.20. The molecule has 0 aliphatic heterocycles. The highest BCUT2D eigenvalue weighted by Crippen LogP contribution is 2.43. The summed E-state index contributed by atoms with van der Waals surface area (Å²) in [6.07, 6.45) is 1.91. The summed E-state index contributed by atoms with van der Waals surface area (Å²) >= 11 is 0. The third-order valence-electron chi connectivity index (χ3n) is 3.07. The van der Waals surface area contributed by atoms with Crippen molar-refractivity contribution in [1.29, 1.82) is 0 Å². The summed E-state index contributed by atoms with van der Waals surface area (Å²) in [5.41, 5.74) is 1.83. The average molecular weight is 260 g/mol. The summed E-state index contributed by atoms with van der Waals surface area (Å²) in [4.78, 5) is 22.0. The van der Waals surface area contributed by atoms with E-state index >= 15 is 0 Å². The molecule has 2 rings (SSSR count). The molecule has 1 saturated carbocycles. The summed E-state index contributed by atoms with van der Waals surface area (Å²) in [6, 6.07) is 7.24. The third-order valence-corrected chi connectivity index (χ3v) is 3.07. The van der Waals surface area contributed by atoms with E-state index in [1.165, 1.54) is 0 Å². The zero-order chi connectivity index (χ0) is 13.8.